The van der Waals surface area contributed by atoms with Crippen molar-refractivity contribution in [1.82, 2.24) is 15.2 Å². The van der Waals surface area contributed by atoms with Gasteiger partial charge >= 0.3 is 0 Å². The molecular weight excluding hydrogens is 142 g/mol. The first-order valence-corrected chi connectivity index (χ1v) is 3.16. The minimum Gasteiger partial charge on any atom is -0.289 e. The van der Waals surface area contributed by atoms with Gasteiger partial charge in [-0.2, -0.15) is 5.10 Å². The molecule has 0 radical (unpaired) electrons. The average Bonchev–Trinajstić information content (AvgIpc) is 2.40. The second kappa shape index (κ2) is 2.16. The Hall–Kier alpha value is -1.71. The smallest absolute Gasteiger partial charge is 0.191 e. The van der Waals surface area contributed by atoms with Crippen LogP contribution in [0.2, 0.25) is 0 Å². The Balaban J connectivity index is 3.09. The van der Waals surface area contributed by atoms with Gasteiger partial charge in [-0.15, -0.1) is 0 Å². The number of hydrogen-bond donors (Lipinski definition) is 1. The fraction of sp³-hybridized carbons (Fsp3) is 0. The van der Waals surface area contributed by atoms with Crippen LogP contribution in [0.25, 0.3) is 11.0 Å². The van der Waals surface area contributed by atoms with Crippen molar-refractivity contribution in [3.8, 4) is 0 Å². The molecule has 0 amide bonds. The number of hydrogen-bond acceptors (Lipinski definition) is 3. The molecule has 0 aliphatic carbocycles. The van der Waals surface area contributed by atoms with Gasteiger partial charge < -0.3 is 0 Å². The molecule has 4 heteroatoms. The Labute approximate surface area is 61.9 Å². The van der Waals surface area contributed by atoms with Gasteiger partial charge in [0.25, 0.3) is 0 Å². The van der Waals surface area contributed by atoms with E-state index in [4.69, 9.17) is 0 Å². The molecule has 0 aliphatic heterocycles. The molecule has 0 saturated heterocycles. The topological polar surface area (TPSA) is 58.6 Å². The Morgan fingerprint density at radius 2 is 2.36 bits per heavy atom. The monoisotopic (exact) mass is 147 g/mol. The van der Waals surface area contributed by atoms with Gasteiger partial charge in [-0.05, 0) is 12.1 Å². The van der Waals surface area contributed by atoms with E-state index < -0.39 is 0 Å². The van der Waals surface area contributed by atoms with Crippen molar-refractivity contribution in [2.45, 2.75) is 0 Å². The van der Waals surface area contributed by atoms with E-state index in [1.165, 1.54) is 12.3 Å². The Morgan fingerprint density at radius 3 is 3.27 bits per heavy atom. The standard InChI is InChI=1S/C7H5N3O/c11-6-2-1-3-8-7-5(6)4-9-10-7/h1-4H,(H,9,10). The summed E-state index contributed by atoms with van der Waals surface area (Å²) in [5, 5.41) is 6.84. The molecule has 2 heterocycles. The second-order valence-electron chi connectivity index (χ2n) is 2.13. The van der Waals surface area contributed by atoms with Crippen molar-refractivity contribution in [2.24, 2.45) is 0 Å². The predicted octanol–water partition coefficient (Wildman–Crippen LogP) is 0.318. The quantitative estimate of drug-likeness (QED) is 0.583. The molecule has 2 rings (SSSR count). The zero-order valence-electron chi connectivity index (χ0n) is 5.61. The molecule has 2 aromatic rings. The lowest BCUT2D eigenvalue weighted by atomic mass is 10.4. The van der Waals surface area contributed by atoms with Gasteiger partial charge in [-0.25, -0.2) is 4.98 Å². The summed E-state index contributed by atoms with van der Waals surface area (Å²) in [7, 11) is 0. The third-order valence-electron chi connectivity index (χ3n) is 1.42. The van der Waals surface area contributed by atoms with Crippen LogP contribution in [0.5, 0.6) is 0 Å². The molecule has 54 valence electrons. The second-order valence-corrected chi connectivity index (χ2v) is 2.13. The van der Waals surface area contributed by atoms with Crippen LogP contribution in [0.4, 0.5) is 0 Å². The third-order valence-corrected chi connectivity index (χ3v) is 1.42. The minimum atomic E-state index is -0.0637. The molecular formula is C7H5N3O. The molecule has 0 fully saturated rings. The van der Waals surface area contributed by atoms with Crippen molar-refractivity contribution in [2.75, 3.05) is 0 Å². The largest absolute Gasteiger partial charge is 0.289 e. The van der Waals surface area contributed by atoms with Crippen molar-refractivity contribution in [1.29, 1.82) is 0 Å². The lowest BCUT2D eigenvalue weighted by molar-refractivity contribution is 1.10. The van der Waals surface area contributed by atoms with Crippen LogP contribution in [-0.4, -0.2) is 15.2 Å². The van der Waals surface area contributed by atoms with Crippen molar-refractivity contribution in [3.63, 3.8) is 0 Å². The van der Waals surface area contributed by atoms with E-state index in [2.05, 4.69) is 15.2 Å². The SMILES string of the molecule is O=c1cccnc2[nH]ncc12. The van der Waals surface area contributed by atoms with Gasteiger partial charge in [-0.1, -0.05) is 0 Å². The zero-order chi connectivity index (χ0) is 7.68. The summed E-state index contributed by atoms with van der Waals surface area (Å²) >= 11 is 0. The highest BCUT2D eigenvalue weighted by Gasteiger charge is 1.95. The van der Waals surface area contributed by atoms with Crippen LogP contribution in [0.15, 0.2) is 29.3 Å². The number of H-pyrrole nitrogens is 1. The fourth-order valence-electron chi connectivity index (χ4n) is 0.896. The molecule has 11 heavy (non-hydrogen) atoms. The third kappa shape index (κ3) is 0.881. The van der Waals surface area contributed by atoms with Crippen LogP contribution in [0.3, 0.4) is 0 Å². The molecule has 0 unspecified atom stereocenters. The van der Waals surface area contributed by atoms with E-state index in [0.717, 1.165) is 0 Å². The van der Waals surface area contributed by atoms with Gasteiger partial charge in [-0.3, -0.25) is 9.89 Å². The van der Waals surface area contributed by atoms with Crippen LogP contribution < -0.4 is 5.43 Å². The molecule has 0 atom stereocenters. The van der Waals surface area contributed by atoms with Crippen LogP contribution >= 0.6 is 0 Å². The summed E-state index contributed by atoms with van der Waals surface area (Å²) < 4.78 is 0. The molecule has 4 nitrogen and oxygen atoms in total. The summed E-state index contributed by atoms with van der Waals surface area (Å²) in [6.45, 7) is 0. The number of aromatic nitrogens is 3. The lowest BCUT2D eigenvalue weighted by Crippen LogP contribution is -1.91. The highest BCUT2D eigenvalue weighted by Crippen LogP contribution is 1.96. The number of fused-ring (bicyclic) bond motifs is 1. The molecule has 0 aromatic carbocycles. The summed E-state index contributed by atoms with van der Waals surface area (Å²) in [6, 6.07) is 3.07. The highest BCUT2D eigenvalue weighted by atomic mass is 16.1. The van der Waals surface area contributed by atoms with Crippen LogP contribution in [0.1, 0.15) is 0 Å². The Kier molecular flexibility index (Phi) is 1.18. The first-order valence-electron chi connectivity index (χ1n) is 3.16. The first kappa shape index (κ1) is 6.03. The first-order chi connectivity index (χ1) is 5.38. The number of nitrogens with one attached hydrogen (secondary N) is 1. The van der Waals surface area contributed by atoms with Gasteiger partial charge in [0.15, 0.2) is 11.1 Å². The maximum Gasteiger partial charge on any atom is 0.191 e. The molecule has 2 aromatic heterocycles. The van der Waals surface area contributed by atoms with Crippen molar-refractivity contribution < 1.29 is 0 Å². The number of nitrogens with zero attached hydrogens (tertiary/aromatic N) is 2. The summed E-state index contributed by atoms with van der Waals surface area (Å²) in [5.41, 5.74) is 0.464. The summed E-state index contributed by atoms with van der Waals surface area (Å²) in [4.78, 5) is 15.1. The van der Waals surface area contributed by atoms with Crippen LogP contribution in [0, 0.1) is 0 Å². The van der Waals surface area contributed by atoms with Crippen molar-refractivity contribution >= 4 is 11.0 Å². The van der Waals surface area contributed by atoms with Gasteiger partial charge in [0.05, 0.1) is 11.6 Å². The van der Waals surface area contributed by atoms with E-state index in [0.29, 0.717) is 11.0 Å². The minimum absolute atomic E-state index is 0.0637. The van der Waals surface area contributed by atoms with E-state index in [1.807, 2.05) is 0 Å². The number of rotatable bonds is 0. The highest BCUT2D eigenvalue weighted by molar-refractivity contribution is 5.72. The lowest BCUT2D eigenvalue weighted by Gasteiger charge is -1.71. The predicted molar refractivity (Wildman–Crippen MR) is 40.2 cm³/mol. The molecule has 0 bridgehead atoms. The van der Waals surface area contributed by atoms with Gasteiger partial charge in [0, 0.05) is 6.20 Å². The van der Waals surface area contributed by atoms with E-state index in [9.17, 15) is 4.79 Å². The molecule has 0 spiro atoms. The van der Waals surface area contributed by atoms with Gasteiger partial charge in [0.2, 0.25) is 0 Å². The zero-order valence-corrected chi connectivity index (χ0v) is 5.61. The van der Waals surface area contributed by atoms with Crippen molar-refractivity contribution in [3.05, 3.63) is 34.7 Å². The molecule has 1 N–H and O–H groups in total. The molecule has 0 aliphatic rings. The fourth-order valence-corrected chi connectivity index (χ4v) is 0.896. The maximum atomic E-state index is 11.1. The summed E-state index contributed by atoms with van der Waals surface area (Å²) in [6.07, 6.45) is 3.03. The van der Waals surface area contributed by atoms with E-state index in [-0.39, 0.29) is 5.43 Å². The molecule has 0 saturated carbocycles. The van der Waals surface area contributed by atoms with Crippen LogP contribution in [-0.2, 0) is 0 Å². The van der Waals surface area contributed by atoms with E-state index >= 15 is 0 Å². The Bertz CT molecular complexity index is 435. The normalized spacial score (nSPS) is 10.2. The average molecular weight is 147 g/mol. The number of aromatic amines is 1. The Morgan fingerprint density at radius 1 is 1.45 bits per heavy atom. The maximum absolute atomic E-state index is 11.1. The summed E-state index contributed by atoms with van der Waals surface area (Å²) in [5.74, 6) is 0. The van der Waals surface area contributed by atoms with E-state index in [1.54, 1.807) is 12.3 Å². The van der Waals surface area contributed by atoms with Gasteiger partial charge in [0.1, 0.15) is 0 Å².